The monoisotopic (exact) mass is 459 g/mol. The topological polar surface area (TPSA) is 64.9 Å². The molecule has 168 valence electrons. The van der Waals surface area contributed by atoms with Crippen LogP contribution in [0.5, 0.6) is 0 Å². The van der Waals surface area contributed by atoms with Crippen molar-refractivity contribution >= 4 is 23.5 Å². The first kappa shape index (κ1) is 22.5. The van der Waals surface area contributed by atoms with E-state index in [-0.39, 0.29) is 11.0 Å². The van der Waals surface area contributed by atoms with Crippen molar-refractivity contribution in [3.05, 3.63) is 65.2 Å². The fraction of sp³-hybridized carbons (Fsp3) is 0.417. The second-order valence-electron chi connectivity index (χ2n) is 8.76. The van der Waals surface area contributed by atoms with Gasteiger partial charge in [-0.05, 0) is 74.2 Å². The fourth-order valence-corrected chi connectivity index (χ4v) is 5.38. The number of nitrogens with one attached hydrogen (secondary N) is 2. The van der Waals surface area contributed by atoms with Gasteiger partial charge in [0, 0.05) is 11.3 Å². The highest BCUT2D eigenvalue weighted by atomic mass is 32.2. The molecule has 3 aliphatic carbocycles. The molecule has 5 rings (SSSR count). The summed E-state index contributed by atoms with van der Waals surface area (Å²) in [5.41, 5.74) is -0.202. The maximum absolute atomic E-state index is 13.3. The zero-order chi connectivity index (χ0) is 22.8. The minimum Gasteiger partial charge on any atom is -0.347 e. The molecule has 8 heteroatoms. The Morgan fingerprint density at radius 1 is 1.03 bits per heavy atom. The molecule has 1 amide bonds. The highest BCUT2D eigenvalue weighted by Gasteiger charge is 2.49. The summed E-state index contributed by atoms with van der Waals surface area (Å²) in [6, 6.07) is 15.3. The Morgan fingerprint density at radius 2 is 1.69 bits per heavy atom. The van der Waals surface area contributed by atoms with E-state index in [4.69, 9.17) is 0 Å². The summed E-state index contributed by atoms with van der Waals surface area (Å²) in [6.07, 6.45) is -0.366. The van der Waals surface area contributed by atoms with Crippen LogP contribution in [0.1, 0.15) is 60.0 Å². The number of rotatable bonds is 6. The van der Waals surface area contributed by atoms with Crippen LogP contribution < -0.4 is 10.0 Å². The van der Waals surface area contributed by atoms with E-state index in [9.17, 15) is 23.2 Å². The molecule has 32 heavy (non-hydrogen) atoms. The summed E-state index contributed by atoms with van der Waals surface area (Å²) in [6.45, 7) is 0. The predicted octanol–water partition coefficient (Wildman–Crippen LogP) is 6.31. The van der Waals surface area contributed by atoms with Crippen molar-refractivity contribution in [2.24, 2.45) is 5.41 Å². The van der Waals surface area contributed by atoms with E-state index in [1.165, 1.54) is 18.0 Å². The number of amides is 1. The molecule has 0 aromatic heterocycles. The minimum absolute atomic E-state index is 0.0162. The van der Waals surface area contributed by atoms with Gasteiger partial charge >= 0.3 is 6.18 Å². The summed E-state index contributed by atoms with van der Waals surface area (Å²) in [5, 5.41) is 12.5. The number of carbonyl (C=O) groups is 1. The standard InChI is InChI=1S/C24H24F3N3OS/c25-24(26,27)18-6-7-20(30-32-15-17-4-2-1-3-5-17)19(14-18)21(31)29-23-11-8-22(16-28,9-12-23)10-13-23/h1-7,14,30H,8-13,15H2,(H,29,31). The molecule has 2 aromatic carbocycles. The molecular formula is C24H24F3N3OS. The quantitative estimate of drug-likeness (QED) is 0.497. The molecule has 2 bridgehead atoms. The Kier molecular flexibility index (Phi) is 6.13. The van der Waals surface area contributed by atoms with Gasteiger partial charge in [0.15, 0.2) is 0 Å². The predicted molar refractivity (Wildman–Crippen MR) is 119 cm³/mol. The normalized spacial score (nSPS) is 24.6. The number of fused-ring (bicyclic) bond motifs is 3. The van der Waals surface area contributed by atoms with Crippen LogP contribution in [0.15, 0.2) is 48.5 Å². The van der Waals surface area contributed by atoms with E-state index in [0.29, 0.717) is 50.0 Å². The van der Waals surface area contributed by atoms with Gasteiger partial charge in [-0.2, -0.15) is 18.4 Å². The number of anilines is 1. The van der Waals surface area contributed by atoms with Crippen molar-refractivity contribution < 1.29 is 18.0 Å². The van der Waals surface area contributed by atoms with E-state index in [1.807, 2.05) is 30.3 Å². The van der Waals surface area contributed by atoms with Gasteiger partial charge < -0.3 is 10.0 Å². The van der Waals surface area contributed by atoms with Crippen LogP contribution in [0, 0.1) is 16.7 Å². The Labute approximate surface area is 189 Å². The number of hydrogen-bond acceptors (Lipinski definition) is 4. The van der Waals surface area contributed by atoms with Crippen molar-refractivity contribution in [2.45, 2.75) is 56.0 Å². The van der Waals surface area contributed by atoms with Crippen molar-refractivity contribution in [2.75, 3.05) is 4.72 Å². The summed E-state index contributed by atoms with van der Waals surface area (Å²) >= 11 is 1.32. The third-order valence-corrected chi connectivity index (χ3v) is 7.56. The number of carbonyl (C=O) groups excluding carboxylic acids is 1. The zero-order valence-corrected chi connectivity index (χ0v) is 18.3. The van der Waals surface area contributed by atoms with Crippen LogP contribution in [0.3, 0.4) is 0 Å². The van der Waals surface area contributed by atoms with Crippen LogP contribution in [-0.4, -0.2) is 11.4 Å². The van der Waals surface area contributed by atoms with Crippen LogP contribution in [-0.2, 0) is 11.9 Å². The number of nitrogens with zero attached hydrogens (tertiary/aromatic N) is 1. The molecule has 0 radical (unpaired) electrons. The zero-order valence-electron chi connectivity index (χ0n) is 17.5. The summed E-state index contributed by atoms with van der Waals surface area (Å²) < 4.78 is 43.1. The Hall–Kier alpha value is -2.66. The van der Waals surface area contributed by atoms with Crippen LogP contribution in [0.2, 0.25) is 0 Å². The lowest BCUT2D eigenvalue weighted by Crippen LogP contribution is -2.56. The van der Waals surface area contributed by atoms with E-state index < -0.39 is 23.2 Å². The average Bonchev–Trinajstić information content (AvgIpc) is 2.80. The van der Waals surface area contributed by atoms with Crippen molar-refractivity contribution in [1.29, 1.82) is 5.26 Å². The van der Waals surface area contributed by atoms with Crippen LogP contribution >= 0.6 is 11.9 Å². The molecule has 2 N–H and O–H groups in total. The van der Waals surface area contributed by atoms with Gasteiger partial charge in [-0.15, -0.1) is 0 Å². The van der Waals surface area contributed by atoms with E-state index in [1.54, 1.807) is 0 Å². The molecule has 3 fully saturated rings. The van der Waals surface area contributed by atoms with Gasteiger partial charge in [-0.3, -0.25) is 4.79 Å². The first-order valence-corrected chi connectivity index (χ1v) is 11.6. The number of nitriles is 1. The second kappa shape index (κ2) is 8.70. The van der Waals surface area contributed by atoms with E-state index in [2.05, 4.69) is 16.1 Å². The van der Waals surface area contributed by atoms with Crippen LogP contribution in [0.25, 0.3) is 0 Å². The molecule has 3 aliphatic rings. The van der Waals surface area contributed by atoms with Gasteiger partial charge in [0.2, 0.25) is 0 Å². The third kappa shape index (κ3) is 4.73. The molecular weight excluding hydrogens is 435 g/mol. The number of alkyl halides is 3. The lowest BCUT2D eigenvalue weighted by Gasteiger charge is -2.50. The second-order valence-corrected chi connectivity index (χ2v) is 9.54. The number of benzene rings is 2. The SMILES string of the molecule is N#CC12CCC(NC(=O)c3cc(C(F)(F)F)ccc3NSCc3ccccc3)(CC1)CC2. The highest BCUT2D eigenvalue weighted by Crippen LogP contribution is 2.52. The Bertz CT molecular complexity index is 1010. The first-order chi connectivity index (χ1) is 15.2. The molecule has 2 aromatic rings. The molecule has 0 unspecified atom stereocenters. The van der Waals surface area contributed by atoms with Crippen molar-refractivity contribution in [1.82, 2.24) is 5.32 Å². The largest absolute Gasteiger partial charge is 0.416 e. The first-order valence-electron chi connectivity index (χ1n) is 10.6. The summed E-state index contributed by atoms with van der Waals surface area (Å²) in [4.78, 5) is 13.2. The van der Waals surface area contributed by atoms with Gasteiger partial charge in [-0.25, -0.2) is 0 Å². The van der Waals surface area contributed by atoms with Crippen LogP contribution in [0.4, 0.5) is 18.9 Å². The van der Waals surface area contributed by atoms with E-state index in [0.717, 1.165) is 17.7 Å². The highest BCUT2D eigenvalue weighted by molar-refractivity contribution is 7.99. The molecule has 3 saturated carbocycles. The van der Waals surface area contributed by atoms with Gasteiger partial charge in [-0.1, -0.05) is 30.3 Å². The number of hydrogen-bond donors (Lipinski definition) is 2. The van der Waals surface area contributed by atoms with Crippen molar-refractivity contribution in [3.8, 4) is 6.07 Å². The van der Waals surface area contributed by atoms with Gasteiger partial charge in [0.25, 0.3) is 5.91 Å². The Balaban J connectivity index is 1.52. The summed E-state index contributed by atoms with van der Waals surface area (Å²) in [7, 11) is 0. The lowest BCUT2D eigenvalue weighted by atomic mass is 9.58. The van der Waals surface area contributed by atoms with E-state index >= 15 is 0 Å². The smallest absolute Gasteiger partial charge is 0.347 e. The summed E-state index contributed by atoms with van der Waals surface area (Å²) in [5.74, 6) is 0.0913. The Morgan fingerprint density at radius 3 is 2.28 bits per heavy atom. The molecule has 4 nitrogen and oxygen atoms in total. The van der Waals surface area contributed by atoms with Crippen molar-refractivity contribution in [3.63, 3.8) is 0 Å². The molecule has 0 heterocycles. The maximum Gasteiger partial charge on any atom is 0.416 e. The maximum atomic E-state index is 13.3. The minimum atomic E-state index is -4.54. The lowest BCUT2D eigenvalue weighted by molar-refractivity contribution is -0.137. The molecule has 0 saturated heterocycles. The molecule has 0 atom stereocenters. The fourth-order valence-electron chi connectivity index (χ4n) is 4.62. The third-order valence-electron chi connectivity index (χ3n) is 6.72. The molecule has 0 spiro atoms. The van der Waals surface area contributed by atoms with Gasteiger partial charge in [0.05, 0.1) is 28.3 Å². The molecule has 0 aliphatic heterocycles. The van der Waals surface area contributed by atoms with Gasteiger partial charge in [0.1, 0.15) is 0 Å². The number of halogens is 3. The average molecular weight is 460 g/mol.